The van der Waals surface area contributed by atoms with E-state index >= 15 is 0 Å². The van der Waals surface area contributed by atoms with Crippen LogP contribution in [0, 0.1) is 56.7 Å². The zero-order chi connectivity index (χ0) is 33.2. The van der Waals surface area contributed by atoms with Gasteiger partial charge in [-0.3, -0.25) is 0 Å². The minimum Gasteiger partial charge on any atom is -0.446 e. The average Bonchev–Trinajstić information content (AvgIpc) is 3.59. The number of nitrogens with one attached hydrogen (secondary N) is 2. The summed E-state index contributed by atoms with van der Waals surface area (Å²) in [5.74, 6) is 1.70. The van der Waals surface area contributed by atoms with Crippen molar-refractivity contribution < 1.29 is 28.9 Å². The second-order valence-corrected chi connectivity index (χ2v) is 18.4. The Kier molecular flexibility index (Phi) is 7.67. The monoisotopic (exact) mass is 643 g/mol. The van der Waals surface area contributed by atoms with Gasteiger partial charge in [0, 0.05) is 38.0 Å². The lowest BCUT2D eigenvalue weighted by Gasteiger charge is -2.63. The van der Waals surface area contributed by atoms with Gasteiger partial charge in [0.1, 0.15) is 12.2 Å². The molecule has 0 aromatic carbocycles. The number of nitrogens with zero attached hydrogens (tertiary/aromatic N) is 1. The molecule has 0 aromatic heterocycles. The largest absolute Gasteiger partial charge is 0.446 e. The molecule has 46 heavy (non-hydrogen) atoms. The van der Waals surface area contributed by atoms with Gasteiger partial charge < -0.3 is 34.9 Å². The number of ether oxygens (including phenoxy) is 3. The third-order valence-corrected chi connectivity index (χ3v) is 15.7. The van der Waals surface area contributed by atoms with Crippen LogP contribution in [0.25, 0.3) is 0 Å². The minimum atomic E-state index is -0.557. The molecular formula is C37H61N3O6. The number of hydrogen-bond donors (Lipinski definition) is 3. The zero-order valence-corrected chi connectivity index (χ0v) is 29.9. The van der Waals surface area contributed by atoms with Crippen LogP contribution in [-0.2, 0) is 14.2 Å². The minimum absolute atomic E-state index is 0.0219. The first-order valence-corrected chi connectivity index (χ1v) is 18.4. The van der Waals surface area contributed by atoms with Crippen molar-refractivity contribution in [3.8, 4) is 0 Å². The molecule has 7 aliphatic rings. The Bertz CT molecular complexity index is 1240. The highest BCUT2D eigenvalue weighted by molar-refractivity contribution is 5.68. The van der Waals surface area contributed by atoms with Crippen molar-refractivity contribution in [2.75, 3.05) is 27.2 Å². The van der Waals surface area contributed by atoms with E-state index in [2.05, 4.69) is 59.1 Å². The van der Waals surface area contributed by atoms with E-state index in [0.29, 0.717) is 17.8 Å². The number of rotatable bonds is 5. The zero-order valence-electron chi connectivity index (χ0n) is 29.9. The molecule has 0 radical (unpaired) electrons. The van der Waals surface area contributed by atoms with Gasteiger partial charge in [0.2, 0.25) is 0 Å². The van der Waals surface area contributed by atoms with E-state index in [-0.39, 0.29) is 81.6 Å². The third kappa shape index (κ3) is 4.28. The maximum Gasteiger partial charge on any atom is 0.409 e. The molecule has 9 heteroatoms. The standard InChI is InChI=1S/C37H61N3O6/c1-20(2)28(46-32(43)40(8)9)23-16-21(3)27-29(44-23)30(41)35(7)25-11-10-24-33(4,5)26(45-31(42)39-22-17-38-18-22)12-13-36(24)19-37(25,36)15-14-34(27,35)6/h20-30,38,41H,10-19H2,1-9H3,(H,39,42)/t21-,23-,24+,25+,26+,27+,28-,29+,30+,34-,35-,36-,37+/m1/s1. The molecule has 5 saturated carbocycles. The second kappa shape index (κ2) is 10.7. The van der Waals surface area contributed by atoms with Crippen molar-refractivity contribution in [3.05, 3.63) is 0 Å². The van der Waals surface area contributed by atoms with E-state index < -0.39 is 6.10 Å². The van der Waals surface area contributed by atoms with Gasteiger partial charge in [-0.15, -0.1) is 0 Å². The van der Waals surface area contributed by atoms with Crippen LogP contribution in [0.5, 0.6) is 0 Å². The number of alkyl carbamates (subject to hydrolysis) is 1. The fraction of sp³-hybridized carbons (Fsp3) is 0.946. The molecule has 9 nitrogen and oxygen atoms in total. The lowest BCUT2D eigenvalue weighted by Crippen LogP contribution is -2.60. The van der Waals surface area contributed by atoms with Crippen LogP contribution >= 0.6 is 0 Å². The molecule has 0 bridgehead atoms. The quantitative estimate of drug-likeness (QED) is 0.359. The summed E-state index contributed by atoms with van der Waals surface area (Å²) >= 11 is 0. The molecule has 7 rings (SSSR count). The molecule has 3 N–H and O–H groups in total. The number of carbonyl (C=O) groups is 2. The fourth-order valence-electron chi connectivity index (χ4n) is 13.3. The molecule has 7 fully saturated rings. The maximum atomic E-state index is 12.8. The number of aliphatic hydroxyl groups excluding tert-OH is 1. The number of fused-ring (bicyclic) bond motifs is 4. The van der Waals surface area contributed by atoms with Crippen molar-refractivity contribution in [2.45, 2.75) is 136 Å². The van der Waals surface area contributed by atoms with Crippen LogP contribution in [0.4, 0.5) is 9.59 Å². The average molecular weight is 644 g/mol. The Labute approximate surface area is 276 Å². The second-order valence-electron chi connectivity index (χ2n) is 18.4. The smallest absolute Gasteiger partial charge is 0.409 e. The third-order valence-electron chi connectivity index (χ3n) is 15.7. The Balaban J connectivity index is 1.13. The molecule has 2 heterocycles. The lowest BCUT2D eigenvalue weighted by atomic mass is 9.41. The van der Waals surface area contributed by atoms with Gasteiger partial charge in [-0.05, 0) is 97.2 Å². The van der Waals surface area contributed by atoms with Crippen molar-refractivity contribution in [1.29, 1.82) is 0 Å². The molecule has 0 aromatic rings. The van der Waals surface area contributed by atoms with E-state index in [4.69, 9.17) is 14.2 Å². The summed E-state index contributed by atoms with van der Waals surface area (Å²) in [5, 5.41) is 18.8. The van der Waals surface area contributed by atoms with Crippen LogP contribution in [0.3, 0.4) is 0 Å². The predicted molar refractivity (Wildman–Crippen MR) is 175 cm³/mol. The normalized spacial score (nSPS) is 49.2. The number of aliphatic hydroxyl groups is 1. The Hall–Kier alpha value is -1.58. The van der Waals surface area contributed by atoms with Gasteiger partial charge in [-0.2, -0.15) is 0 Å². The Morgan fingerprint density at radius 1 is 1.00 bits per heavy atom. The van der Waals surface area contributed by atoms with Crippen LogP contribution in [-0.4, -0.2) is 85.9 Å². The first-order chi connectivity index (χ1) is 21.5. The lowest BCUT2D eigenvalue weighted by molar-refractivity contribution is -0.185. The summed E-state index contributed by atoms with van der Waals surface area (Å²) in [5.41, 5.74) is 0.146. The summed E-state index contributed by atoms with van der Waals surface area (Å²) in [6, 6.07) is 0.179. The highest BCUT2D eigenvalue weighted by Gasteiger charge is 2.84. The molecule has 0 unspecified atom stereocenters. The van der Waals surface area contributed by atoms with Crippen LogP contribution < -0.4 is 10.6 Å². The van der Waals surface area contributed by atoms with Crippen molar-refractivity contribution >= 4 is 12.2 Å². The van der Waals surface area contributed by atoms with Gasteiger partial charge in [-0.1, -0.05) is 48.5 Å². The maximum absolute atomic E-state index is 12.8. The van der Waals surface area contributed by atoms with Gasteiger partial charge in [0.15, 0.2) is 0 Å². The summed E-state index contributed by atoms with van der Waals surface area (Å²) in [6.07, 6.45) is 6.61. The van der Waals surface area contributed by atoms with Crippen molar-refractivity contribution in [3.63, 3.8) is 0 Å². The Morgan fingerprint density at radius 2 is 1.67 bits per heavy atom. The van der Waals surface area contributed by atoms with Crippen LogP contribution in [0.2, 0.25) is 0 Å². The van der Waals surface area contributed by atoms with Crippen LogP contribution in [0.15, 0.2) is 0 Å². The summed E-state index contributed by atoms with van der Waals surface area (Å²) in [7, 11) is 3.43. The summed E-state index contributed by atoms with van der Waals surface area (Å²) in [6.45, 7) is 17.8. The molecule has 2 spiro atoms. The SMILES string of the molecule is CC(C)[C@@H](OC(=O)N(C)C)[C@H]1C[C@@H](C)[C@H]2[C@H](O1)[C@H](O)[C@@]1(C)[C@@H]3CC[C@H]4C(C)(C)[C@@H](OC(=O)NC5CNC5)CC[C@@]45C[C@@]35CC[C@]21C. The number of amides is 2. The first-order valence-electron chi connectivity index (χ1n) is 18.4. The van der Waals surface area contributed by atoms with E-state index in [1.807, 2.05) is 0 Å². The molecule has 2 saturated heterocycles. The highest BCUT2D eigenvalue weighted by atomic mass is 16.6. The highest BCUT2D eigenvalue weighted by Crippen LogP contribution is 2.89. The molecule has 260 valence electrons. The molecule has 5 aliphatic carbocycles. The fourth-order valence-corrected chi connectivity index (χ4v) is 13.3. The van der Waals surface area contributed by atoms with Gasteiger partial charge in [0.05, 0.1) is 24.4 Å². The summed E-state index contributed by atoms with van der Waals surface area (Å²) in [4.78, 5) is 26.9. The molecular weight excluding hydrogens is 582 g/mol. The molecule has 13 atom stereocenters. The van der Waals surface area contributed by atoms with Gasteiger partial charge in [0.25, 0.3) is 0 Å². The van der Waals surface area contributed by atoms with Gasteiger partial charge in [-0.25, -0.2) is 9.59 Å². The molecule has 2 amide bonds. The summed E-state index contributed by atoms with van der Waals surface area (Å²) < 4.78 is 19.1. The number of carbonyl (C=O) groups excluding carboxylic acids is 2. The van der Waals surface area contributed by atoms with Crippen molar-refractivity contribution in [1.82, 2.24) is 15.5 Å². The van der Waals surface area contributed by atoms with E-state index in [1.54, 1.807) is 14.1 Å². The van der Waals surface area contributed by atoms with Gasteiger partial charge >= 0.3 is 12.2 Å². The van der Waals surface area contributed by atoms with E-state index in [1.165, 1.54) is 17.7 Å². The first kappa shape index (κ1) is 32.9. The molecule has 2 aliphatic heterocycles. The van der Waals surface area contributed by atoms with Crippen molar-refractivity contribution in [2.24, 2.45) is 56.7 Å². The number of hydrogen-bond acceptors (Lipinski definition) is 7. The van der Waals surface area contributed by atoms with E-state index in [9.17, 15) is 14.7 Å². The van der Waals surface area contributed by atoms with Crippen LogP contribution in [0.1, 0.15) is 99.8 Å². The topological polar surface area (TPSA) is 109 Å². The predicted octanol–water partition coefficient (Wildman–Crippen LogP) is 5.59. The Morgan fingerprint density at radius 3 is 2.30 bits per heavy atom. The van der Waals surface area contributed by atoms with E-state index in [0.717, 1.165) is 51.6 Å².